The van der Waals surface area contributed by atoms with Crippen molar-refractivity contribution in [1.29, 1.82) is 0 Å². The summed E-state index contributed by atoms with van der Waals surface area (Å²) in [7, 11) is 1.97. The maximum Gasteiger partial charge on any atom is 0.134 e. The van der Waals surface area contributed by atoms with Crippen molar-refractivity contribution in [2.75, 3.05) is 7.05 Å². The van der Waals surface area contributed by atoms with Gasteiger partial charge >= 0.3 is 0 Å². The van der Waals surface area contributed by atoms with Crippen LogP contribution in [0.15, 0.2) is 22.6 Å². The summed E-state index contributed by atoms with van der Waals surface area (Å²) in [5.74, 6) is 1.10. The third-order valence-electron chi connectivity index (χ3n) is 3.60. The Morgan fingerprint density at radius 1 is 1.11 bits per heavy atom. The van der Waals surface area contributed by atoms with Gasteiger partial charge in [-0.25, -0.2) is 0 Å². The lowest BCUT2D eigenvalue weighted by atomic mass is 10.0. The summed E-state index contributed by atoms with van der Waals surface area (Å²) in [4.78, 5) is 0. The van der Waals surface area contributed by atoms with E-state index < -0.39 is 0 Å². The third kappa shape index (κ3) is 3.19. The van der Waals surface area contributed by atoms with E-state index in [2.05, 4.69) is 37.4 Å². The molecule has 0 atom stereocenters. The molecule has 1 aromatic heterocycles. The Balaban J connectivity index is 2.40. The standard InChI is InChI=1S/C17H25NO/c1-4-6-8-13-9-10-16-15(11-13)14(7-5-2)17(19-16)12-18-3/h9-11,18H,4-8,12H2,1-3H3. The molecule has 0 aliphatic heterocycles. The Morgan fingerprint density at radius 3 is 2.63 bits per heavy atom. The molecule has 19 heavy (non-hydrogen) atoms. The molecule has 0 saturated carbocycles. The molecule has 1 heterocycles. The van der Waals surface area contributed by atoms with E-state index in [1.807, 2.05) is 7.05 Å². The van der Waals surface area contributed by atoms with Crippen LogP contribution < -0.4 is 5.32 Å². The molecule has 2 aromatic rings. The second kappa shape index (κ2) is 6.76. The Hall–Kier alpha value is -1.28. The zero-order valence-electron chi connectivity index (χ0n) is 12.4. The van der Waals surface area contributed by atoms with Crippen LogP contribution in [0.1, 0.15) is 50.0 Å². The lowest BCUT2D eigenvalue weighted by Gasteiger charge is -2.02. The van der Waals surface area contributed by atoms with Gasteiger partial charge in [-0.15, -0.1) is 0 Å². The summed E-state index contributed by atoms with van der Waals surface area (Å²) in [5.41, 5.74) is 3.86. The quantitative estimate of drug-likeness (QED) is 0.795. The van der Waals surface area contributed by atoms with Crippen molar-refractivity contribution in [3.05, 3.63) is 35.1 Å². The molecule has 0 spiro atoms. The zero-order valence-corrected chi connectivity index (χ0v) is 12.4. The summed E-state index contributed by atoms with van der Waals surface area (Å²) in [6.07, 6.45) is 5.93. The highest BCUT2D eigenvalue weighted by molar-refractivity contribution is 5.83. The molecule has 104 valence electrons. The van der Waals surface area contributed by atoms with E-state index in [0.29, 0.717) is 0 Å². The molecule has 0 saturated heterocycles. The first-order chi connectivity index (χ1) is 9.30. The maximum atomic E-state index is 5.99. The van der Waals surface area contributed by atoms with Gasteiger partial charge < -0.3 is 9.73 Å². The van der Waals surface area contributed by atoms with Crippen LogP contribution in [0.2, 0.25) is 0 Å². The van der Waals surface area contributed by atoms with Crippen LogP contribution in [0.4, 0.5) is 0 Å². The van der Waals surface area contributed by atoms with Gasteiger partial charge in [0, 0.05) is 10.9 Å². The number of nitrogens with one attached hydrogen (secondary N) is 1. The van der Waals surface area contributed by atoms with E-state index in [1.165, 1.54) is 35.8 Å². The normalized spacial score (nSPS) is 11.3. The lowest BCUT2D eigenvalue weighted by Crippen LogP contribution is -2.05. The number of unbranched alkanes of at least 4 members (excludes halogenated alkanes) is 1. The van der Waals surface area contributed by atoms with Crippen LogP contribution in [0.5, 0.6) is 0 Å². The summed E-state index contributed by atoms with van der Waals surface area (Å²) in [6, 6.07) is 6.68. The van der Waals surface area contributed by atoms with Crippen molar-refractivity contribution in [2.24, 2.45) is 0 Å². The van der Waals surface area contributed by atoms with Crippen molar-refractivity contribution in [1.82, 2.24) is 5.32 Å². The molecule has 0 aliphatic carbocycles. The van der Waals surface area contributed by atoms with Crippen LogP contribution in [-0.2, 0) is 19.4 Å². The molecule has 0 unspecified atom stereocenters. The lowest BCUT2D eigenvalue weighted by molar-refractivity contribution is 0.523. The highest BCUT2D eigenvalue weighted by Gasteiger charge is 2.13. The Morgan fingerprint density at radius 2 is 1.95 bits per heavy atom. The molecule has 2 heteroatoms. The summed E-state index contributed by atoms with van der Waals surface area (Å²) in [5, 5.41) is 4.52. The van der Waals surface area contributed by atoms with Crippen molar-refractivity contribution in [3.8, 4) is 0 Å². The van der Waals surface area contributed by atoms with E-state index in [-0.39, 0.29) is 0 Å². The van der Waals surface area contributed by atoms with Crippen molar-refractivity contribution >= 4 is 11.0 Å². The largest absolute Gasteiger partial charge is 0.459 e. The molecule has 0 fully saturated rings. The fraction of sp³-hybridized carbons (Fsp3) is 0.529. The third-order valence-corrected chi connectivity index (χ3v) is 3.60. The number of aryl methyl sites for hydroxylation is 2. The van der Waals surface area contributed by atoms with Gasteiger partial charge in [-0.3, -0.25) is 0 Å². The average molecular weight is 259 g/mol. The fourth-order valence-electron chi connectivity index (χ4n) is 2.61. The molecular weight excluding hydrogens is 234 g/mol. The van der Waals surface area contributed by atoms with Crippen LogP contribution in [0.25, 0.3) is 11.0 Å². The minimum Gasteiger partial charge on any atom is -0.459 e. The van der Waals surface area contributed by atoms with Gasteiger partial charge in [-0.05, 0) is 44.0 Å². The van der Waals surface area contributed by atoms with E-state index in [4.69, 9.17) is 4.42 Å². The van der Waals surface area contributed by atoms with Crippen LogP contribution >= 0.6 is 0 Å². The van der Waals surface area contributed by atoms with E-state index in [9.17, 15) is 0 Å². The molecule has 0 radical (unpaired) electrons. The number of rotatable bonds is 7. The van der Waals surface area contributed by atoms with E-state index in [0.717, 1.165) is 30.7 Å². The monoisotopic (exact) mass is 259 g/mol. The molecule has 0 aliphatic rings. The number of benzene rings is 1. The van der Waals surface area contributed by atoms with Gasteiger partial charge in [0.1, 0.15) is 11.3 Å². The van der Waals surface area contributed by atoms with Crippen molar-refractivity contribution in [3.63, 3.8) is 0 Å². The van der Waals surface area contributed by atoms with Gasteiger partial charge in [0.2, 0.25) is 0 Å². The molecule has 2 rings (SSSR count). The van der Waals surface area contributed by atoms with Gasteiger partial charge in [0.05, 0.1) is 6.54 Å². The van der Waals surface area contributed by atoms with E-state index in [1.54, 1.807) is 0 Å². The number of fused-ring (bicyclic) bond motifs is 1. The summed E-state index contributed by atoms with van der Waals surface area (Å²) in [6.45, 7) is 5.28. The van der Waals surface area contributed by atoms with Crippen molar-refractivity contribution in [2.45, 2.75) is 52.5 Å². The predicted molar refractivity (Wildman–Crippen MR) is 81.6 cm³/mol. The van der Waals surface area contributed by atoms with Crippen LogP contribution in [0, 0.1) is 0 Å². The van der Waals surface area contributed by atoms with Gasteiger partial charge in [0.15, 0.2) is 0 Å². The minimum atomic E-state index is 0.814. The van der Waals surface area contributed by atoms with Gasteiger partial charge in [-0.1, -0.05) is 32.8 Å². The summed E-state index contributed by atoms with van der Waals surface area (Å²) < 4.78 is 5.99. The first-order valence-corrected chi connectivity index (χ1v) is 7.47. The second-order valence-corrected chi connectivity index (χ2v) is 5.22. The number of hydrogen-bond acceptors (Lipinski definition) is 2. The highest BCUT2D eigenvalue weighted by Crippen LogP contribution is 2.28. The topological polar surface area (TPSA) is 25.2 Å². The summed E-state index contributed by atoms with van der Waals surface area (Å²) >= 11 is 0. The Kier molecular flexibility index (Phi) is 5.03. The zero-order chi connectivity index (χ0) is 13.7. The minimum absolute atomic E-state index is 0.814. The predicted octanol–water partition coefficient (Wildman–Crippen LogP) is 4.45. The number of furan rings is 1. The van der Waals surface area contributed by atoms with E-state index >= 15 is 0 Å². The first kappa shape index (κ1) is 14.1. The molecule has 2 nitrogen and oxygen atoms in total. The first-order valence-electron chi connectivity index (χ1n) is 7.47. The maximum absolute atomic E-state index is 5.99. The van der Waals surface area contributed by atoms with Crippen LogP contribution in [0.3, 0.4) is 0 Å². The SMILES string of the molecule is CCCCc1ccc2oc(CNC)c(CCC)c2c1. The van der Waals surface area contributed by atoms with Gasteiger partial charge in [0.25, 0.3) is 0 Å². The Bertz CT molecular complexity index is 527. The average Bonchev–Trinajstić information content (AvgIpc) is 2.75. The fourth-order valence-corrected chi connectivity index (χ4v) is 2.61. The second-order valence-electron chi connectivity index (χ2n) is 5.22. The molecule has 0 amide bonds. The van der Waals surface area contributed by atoms with Crippen molar-refractivity contribution < 1.29 is 4.42 Å². The highest BCUT2D eigenvalue weighted by atomic mass is 16.3. The van der Waals surface area contributed by atoms with Crippen LogP contribution in [-0.4, -0.2) is 7.05 Å². The molecule has 1 N–H and O–H groups in total. The molecule has 1 aromatic carbocycles. The molecule has 0 bridgehead atoms. The number of hydrogen-bond donors (Lipinski definition) is 1. The van der Waals surface area contributed by atoms with Gasteiger partial charge in [-0.2, -0.15) is 0 Å². The smallest absolute Gasteiger partial charge is 0.134 e. The Labute approximate surface area is 116 Å². The molecular formula is C17H25NO.